The Bertz CT molecular complexity index is 943. The summed E-state index contributed by atoms with van der Waals surface area (Å²) in [6.45, 7) is 9.81. The Morgan fingerprint density at radius 3 is 2.65 bits per heavy atom. The number of unbranched alkanes of at least 4 members (excludes halogenated alkanes) is 1. The highest BCUT2D eigenvalue weighted by molar-refractivity contribution is 5.90. The van der Waals surface area contributed by atoms with Crippen molar-refractivity contribution in [2.75, 3.05) is 29.9 Å². The van der Waals surface area contributed by atoms with Gasteiger partial charge in [-0.2, -0.15) is 5.10 Å². The number of nitro benzene ring substituents is 1. The molecule has 0 spiro atoms. The molecule has 2 N–H and O–H groups in total. The Labute approximate surface area is 183 Å². The van der Waals surface area contributed by atoms with E-state index in [1.54, 1.807) is 6.07 Å². The van der Waals surface area contributed by atoms with Crippen LogP contribution in [0.2, 0.25) is 0 Å². The molecule has 0 fully saturated rings. The highest BCUT2D eigenvalue weighted by Gasteiger charge is 2.14. The molecule has 2 aromatic rings. The zero-order valence-electron chi connectivity index (χ0n) is 18.6. The van der Waals surface area contributed by atoms with Crippen molar-refractivity contribution >= 4 is 29.2 Å². The number of nitrogens with one attached hydrogen (secondary N) is 2. The quantitative estimate of drug-likeness (QED) is 0.316. The van der Waals surface area contributed by atoms with Crippen molar-refractivity contribution in [2.24, 2.45) is 5.10 Å². The lowest BCUT2D eigenvalue weighted by Gasteiger charge is -2.24. The second-order valence-electron chi connectivity index (χ2n) is 7.40. The van der Waals surface area contributed by atoms with Gasteiger partial charge in [-0.05, 0) is 50.5 Å². The Morgan fingerprint density at radius 1 is 1.19 bits per heavy atom. The maximum Gasteiger partial charge on any atom is 0.270 e. The molecule has 0 aliphatic carbocycles. The summed E-state index contributed by atoms with van der Waals surface area (Å²) in [5.74, 6) is -0.303. The minimum absolute atomic E-state index is 0.0142. The first-order valence-corrected chi connectivity index (χ1v) is 10.5. The van der Waals surface area contributed by atoms with Gasteiger partial charge in [-0.3, -0.25) is 14.9 Å². The number of hydrazone groups is 1. The zero-order chi connectivity index (χ0) is 22.8. The largest absolute Gasteiger partial charge is 0.376 e. The maximum atomic E-state index is 12.2. The van der Waals surface area contributed by atoms with E-state index in [1.807, 2.05) is 39.0 Å². The summed E-state index contributed by atoms with van der Waals surface area (Å²) in [5, 5.41) is 18.3. The lowest BCUT2D eigenvalue weighted by Crippen LogP contribution is -2.27. The van der Waals surface area contributed by atoms with Gasteiger partial charge in [0.15, 0.2) is 0 Å². The molecule has 8 heteroatoms. The maximum absolute atomic E-state index is 12.2. The number of benzene rings is 2. The predicted molar refractivity (Wildman–Crippen MR) is 126 cm³/mol. The molecule has 1 amide bonds. The normalized spacial score (nSPS) is 10.8. The van der Waals surface area contributed by atoms with E-state index in [1.165, 1.54) is 18.3 Å². The molecular formula is C23H31N5O3. The number of hydrogen-bond acceptors (Lipinski definition) is 6. The van der Waals surface area contributed by atoms with Crippen molar-refractivity contribution in [1.29, 1.82) is 0 Å². The molecule has 0 bridgehead atoms. The Hall–Kier alpha value is -3.42. The summed E-state index contributed by atoms with van der Waals surface area (Å²) in [6, 6.07) is 10.7. The van der Waals surface area contributed by atoms with E-state index in [-0.39, 0.29) is 18.1 Å². The molecule has 0 radical (unpaired) electrons. The van der Waals surface area contributed by atoms with Crippen LogP contribution < -0.4 is 15.6 Å². The Balaban J connectivity index is 2.10. The van der Waals surface area contributed by atoms with Crippen molar-refractivity contribution in [1.82, 2.24) is 5.43 Å². The number of hydrogen-bond donors (Lipinski definition) is 2. The van der Waals surface area contributed by atoms with Gasteiger partial charge in [0.1, 0.15) is 0 Å². The van der Waals surface area contributed by atoms with Crippen LogP contribution in [0.3, 0.4) is 0 Å². The van der Waals surface area contributed by atoms with E-state index in [2.05, 4.69) is 27.7 Å². The molecule has 166 valence electrons. The summed E-state index contributed by atoms with van der Waals surface area (Å²) in [5.41, 5.74) is 6.98. The van der Waals surface area contributed by atoms with E-state index in [4.69, 9.17) is 0 Å². The molecule has 0 heterocycles. The molecule has 0 unspecified atom stereocenters. The number of carbonyl (C=O) groups excluding carboxylic acids is 1. The molecule has 2 aromatic carbocycles. The summed E-state index contributed by atoms with van der Waals surface area (Å²) in [6.07, 6.45) is 3.53. The lowest BCUT2D eigenvalue weighted by molar-refractivity contribution is -0.384. The van der Waals surface area contributed by atoms with Gasteiger partial charge in [0.2, 0.25) is 0 Å². The van der Waals surface area contributed by atoms with E-state index < -0.39 is 4.92 Å². The third kappa shape index (κ3) is 7.09. The number of carbonyl (C=O) groups is 1. The third-order valence-corrected chi connectivity index (χ3v) is 4.95. The number of nitro groups is 1. The molecule has 2 rings (SSSR count). The van der Waals surface area contributed by atoms with Crippen LogP contribution >= 0.6 is 0 Å². The summed E-state index contributed by atoms with van der Waals surface area (Å²) >= 11 is 0. The minimum atomic E-state index is -0.434. The fourth-order valence-corrected chi connectivity index (χ4v) is 3.16. The van der Waals surface area contributed by atoms with Gasteiger partial charge in [-0.1, -0.05) is 25.5 Å². The van der Waals surface area contributed by atoms with Crippen LogP contribution in [0.5, 0.6) is 0 Å². The van der Waals surface area contributed by atoms with Crippen LogP contribution in [-0.2, 0) is 4.79 Å². The minimum Gasteiger partial charge on any atom is -0.376 e. The molecule has 0 aromatic heterocycles. The monoisotopic (exact) mass is 425 g/mol. The Morgan fingerprint density at radius 2 is 1.97 bits per heavy atom. The Kier molecular flexibility index (Phi) is 8.99. The molecular weight excluding hydrogens is 394 g/mol. The highest BCUT2D eigenvalue weighted by atomic mass is 16.6. The smallest absolute Gasteiger partial charge is 0.270 e. The molecule has 31 heavy (non-hydrogen) atoms. The van der Waals surface area contributed by atoms with Crippen molar-refractivity contribution in [3.05, 3.63) is 63.2 Å². The van der Waals surface area contributed by atoms with Crippen LogP contribution in [-0.4, -0.2) is 36.7 Å². The number of anilines is 2. The van der Waals surface area contributed by atoms with Crippen molar-refractivity contribution < 1.29 is 9.72 Å². The van der Waals surface area contributed by atoms with Crippen molar-refractivity contribution in [3.63, 3.8) is 0 Å². The summed E-state index contributed by atoms with van der Waals surface area (Å²) in [4.78, 5) is 25.1. The van der Waals surface area contributed by atoms with Gasteiger partial charge in [0.05, 0.1) is 17.7 Å². The number of rotatable bonds is 11. The molecule has 0 saturated heterocycles. The molecule has 0 atom stereocenters. The molecule has 8 nitrogen and oxygen atoms in total. The average molecular weight is 426 g/mol. The van der Waals surface area contributed by atoms with Crippen LogP contribution in [0.1, 0.15) is 43.4 Å². The lowest BCUT2D eigenvalue weighted by atomic mass is 10.1. The van der Waals surface area contributed by atoms with Gasteiger partial charge in [-0.15, -0.1) is 0 Å². The second kappa shape index (κ2) is 11.7. The van der Waals surface area contributed by atoms with Crippen LogP contribution in [0.25, 0.3) is 0 Å². The molecule has 0 aliphatic rings. The first-order valence-electron chi connectivity index (χ1n) is 10.5. The molecule has 0 saturated carbocycles. The van der Waals surface area contributed by atoms with E-state index >= 15 is 0 Å². The number of non-ortho nitro benzene ring substituents is 1. The second-order valence-corrected chi connectivity index (χ2v) is 7.40. The van der Waals surface area contributed by atoms with Gasteiger partial charge in [-0.25, -0.2) is 5.43 Å². The summed E-state index contributed by atoms with van der Waals surface area (Å²) in [7, 11) is 0. The van der Waals surface area contributed by atoms with Crippen LogP contribution in [0.4, 0.5) is 17.1 Å². The fourth-order valence-electron chi connectivity index (χ4n) is 3.16. The summed E-state index contributed by atoms with van der Waals surface area (Å²) < 4.78 is 0. The predicted octanol–water partition coefficient (Wildman–Crippen LogP) is 4.40. The van der Waals surface area contributed by atoms with Gasteiger partial charge in [0.25, 0.3) is 11.6 Å². The first kappa shape index (κ1) is 23.9. The number of amides is 1. The average Bonchev–Trinajstić information content (AvgIpc) is 2.75. The van der Waals surface area contributed by atoms with Crippen LogP contribution in [0, 0.1) is 24.0 Å². The standard InChI is InChI=1S/C23H31N5O3/c1-5-7-12-27(6-2)22-11-10-20(28(30)31)14-19(22)15-25-26-23(29)16-24-21-13-17(3)8-9-18(21)4/h8-11,13-15,24H,5-7,12,16H2,1-4H3,(H,26,29)/b25-15+. The van der Waals surface area contributed by atoms with E-state index in [0.29, 0.717) is 5.56 Å². The number of aryl methyl sites for hydroxylation is 2. The number of nitrogens with zero attached hydrogens (tertiary/aromatic N) is 3. The third-order valence-electron chi connectivity index (χ3n) is 4.95. The van der Waals surface area contributed by atoms with E-state index in [0.717, 1.165) is 48.4 Å². The van der Waals surface area contributed by atoms with Gasteiger partial charge >= 0.3 is 0 Å². The topological polar surface area (TPSA) is 99.9 Å². The van der Waals surface area contributed by atoms with Gasteiger partial charge in [0, 0.05) is 42.2 Å². The van der Waals surface area contributed by atoms with Crippen molar-refractivity contribution in [3.8, 4) is 0 Å². The highest BCUT2D eigenvalue weighted by Crippen LogP contribution is 2.24. The van der Waals surface area contributed by atoms with E-state index in [9.17, 15) is 14.9 Å². The molecule has 0 aliphatic heterocycles. The van der Waals surface area contributed by atoms with Gasteiger partial charge < -0.3 is 10.2 Å². The zero-order valence-corrected chi connectivity index (χ0v) is 18.6. The fraction of sp³-hybridized carbons (Fsp3) is 0.391. The van der Waals surface area contributed by atoms with Crippen LogP contribution in [0.15, 0.2) is 41.5 Å². The first-order chi connectivity index (χ1) is 14.8. The van der Waals surface area contributed by atoms with Crippen molar-refractivity contribution in [2.45, 2.75) is 40.5 Å². The SMILES string of the molecule is CCCCN(CC)c1ccc([N+](=O)[O-])cc1/C=N/NC(=O)CNc1cc(C)ccc1C.